The number of nitrogens with one attached hydrogen (secondary N) is 1. The molecule has 0 saturated heterocycles. The fourth-order valence-corrected chi connectivity index (χ4v) is 2.32. The van der Waals surface area contributed by atoms with Gasteiger partial charge in [0.15, 0.2) is 6.61 Å². The molecule has 0 spiro atoms. The minimum Gasteiger partial charge on any atom is -0.452 e. The number of ether oxygens (including phenoxy) is 1. The van der Waals surface area contributed by atoms with Crippen molar-refractivity contribution in [3.05, 3.63) is 64.9 Å². The van der Waals surface area contributed by atoms with Gasteiger partial charge in [0.25, 0.3) is 5.91 Å². The zero-order chi connectivity index (χ0) is 18.5. The maximum absolute atomic E-state index is 12.1. The van der Waals surface area contributed by atoms with Crippen LogP contribution in [0.5, 0.6) is 0 Å². The van der Waals surface area contributed by atoms with Crippen LogP contribution in [0.3, 0.4) is 0 Å². The van der Waals surface area contributed by atoms with E-state index in [-0.39, 0.29) is 10.7 Å². The van der Waals surface area contributed by atoms with Crippen molar-refractivity contribution < 1.29 is 14.3 Å². The van der Waals surface area contributed by atoms with E-state index in [1.807, 2.05) is 0 Å². The Balaban J connectivity index is 1.66. The Labute approximate surface area is 157 Å². The van der Waals surface area contributed by atoms with Crippen molar-refractivity contribution in [2.24, 2.45) is 0 Å². The smallest absolute Gasteiger partial charge is 0.340 e. The normalized spacial score (nSPS) is 10.4. The van der Waals surface area contributed by atoms with E-state index < -0.39 is 18.5 Å². The molecule has 1 aromatic carbocycles. The summed E-state index contributed by atoms with van der Waals surface area (Å²) in [7, 11) is 0. The van der Waals surface area contributed by atoms with E-state index in [2.05, 4.69) is 20.4 Å². The van der Waals surface area contributed by atoms with Crippen LogP contribution in [0.2, 0.25) is 10.2 Å². The molecule has 0 saturated carbocycles. The predicted octanol–water partition coefficient (Wildman–Crippen LogP) is 2.76. The topological polar surface area (TPSA) is 99.0 Å². The Bertz CT molecular complexity index is 930. The van der Waals surface area contributed by atoms with Crippen LogP contribution in [0.4, 0.5) is 5.69 Å². The molecule has 0 aliphatic rings. The molecule has 0 atom stereocenters. The van der Waals surface area contributed by atoms with Crippen LogP contribution >= 0.6 is 23.2 Å². The third-order valence-corrected chi connectivity index (χ3v) is 3.65. The molecule has 2 aromatic heterocycles. The Morgan fingerprint density at radius 1 is 1.19 bits per heavy atom. The average Bonchev–Trinajstić information content (AvgIpc) is 3.15. The van der Waals surface area contributed by atoms with Crippen molar-refractivity contribution in [3.63, 3.8) is 0 Å². The molecule has 1 amide bonds. The van der Waals surface area contributed by atoms with Gasteiger partial charge in [0.05, 0.1) is 16.9 Å². The summed E-state index contributed by atoms with van der Waals surface area (Å²) < 4.78 is 6.43. The molecule has 8 nitrogen and oxygen atoms in total. The first-order chi connectivity index (χ1) is 12.5. The maximum atomic E-state index is 12.1. The summed E-state index contributed by atoms with van der Waals surface area (Å²) >= 11 is 11.6. The summed E-state index contributed by atoms with van der Waals surface area (Å²) in [5, 5.41) is 7.32. The van der Waals surface area contributed by atoms with Crippen LogP contribution in [0, 0.1) is 0 Å². The van der Waals surface area contributed by atoms with Crippen LogP contribution in [-0.4, -0.2) is 38.2 Å². The van der Waals surface area contributed by atoms with Crippen LogP contribution in [-0.2, 0) is 9.53 Å². The van der Waals surface area contributed by atoms with Gasteiger partial charge in [-0.15, -0.1) is 0 Å². The first-order valence-corrected chi connectivity index (χ1v) is 8.01. The number of aromatic nitrogens is 4. The van der Waals surface area contributed by atoms with E-state index in [9.17, 15) is 9.59 Å². The number of benzene rings is 1. The predicted molar refractivity (Wildman–Crippen MR) is 94.5 cm³/mol. The lowest BCUT2D eigenvalue weighted by atomic mass is 10.2. The molecule has 132 valence electrons. The number of pyridine rings is 1. The largest absolute Gasteiger partial charge is 0.452 e. The Morgan fingerprint density at radius 2 is 2.04 bits per heavy atom. The maximum Gasteiger partial charge on any atom is 0.340 e. The fourth-order valence-electron chi connectivity index (χ4n) is 2.04. The average molecular weight is 392 g/mol. The summed E-state index contributed by atoms with van der Waals surface area (Å²) in [4.78, 5) is 31.7. The monoisotopic (exact) mass is 391 g/mol. The molecular formula is C16H11Cl2N5O3. The van der Waals surface area contributed by atoms with Gasteiger partial charge in [0.2, 0.25) is 0 Å². The van der Waals surface area contributed by atoms with Crippen molar-refractivity contribution in [3.8, 4) is 5.69 Å². The molecule has 3 rings (SSSR count). The quantitative estimate of drug-likeness (QED) is 0.530. The fraction of sp³-hybridized carbons (Fsp3) is 0.0625. The number of carbonyl (C=O) groups is 2. The van der Waals surface area contributed by atoms with Gasteiger partial charge in [-0.1, -0.05) is 23.2 Å². The Morgan fingerprint density at radius 3 is 2.73 bits per heavy atom. The van der Waals surface area contributed by atoms with Gasteiger partial charge >= 0.3 is 5.97 Å². The number of hydrogen-bond acceptors (Lipinski definition) is 6. The standard InChI is InChI=1S/C16H11Cl2N5O3/c17-11-2-3-13(23-9-19-8-21-23)12(5-11)22-15(24)7-26-16(25)10-1-4-14(18)20-6-10/h1-6,8-9H,7H2,(H,22,24). The lowest BCUT2D eigenvalue weighted by molar-refractivity contribution is -0.119. The van der Waals surface area contributed by atoms with Gasteiger partial charge < -0.3 is 10.1 Å². The second-order valence-electron chi connectivity index (χ2n) is 5.00. The van der Waals surface area contributed by atoms with Gasteiger partial charge in [-0.05, 0) is 30.3 Å². The number of nitrogens with zero attached hydrogens (tertiary/aromatic N) is 4. The van der Waals surface area contributed by atoms with Gasteiger partial charge in [0.1, 0.15) is 17.8 Å². The zero-order valence-corrected chi connectivity index (χ0v) is 14.6. The summed E-state index contributed by atoms with van der Waals surface area (Å²) in [5.74, 6) is -1.23. The molecule has 3 aromatic rings. The lowest BCUT2D eigenvalue weighted by Crippen LogP contribution is -2.21. The van der Waals surface area contributed by atoms with Crippen LogP contribution in [0.25, 0.3) is 5.69 Å². The second-order valence-corrected chi connectivity index (χ2v) is 5.82. The summed E-state index contributed by atoms with van der Waals surface area (Å²) in [6.45, 7) is -0.481. The molecule has 0 radical (unpaired) electrons. The minimum absolute atomic E-state index is 0.188. The van der Waals surface area contributed by atoms with E-state index in [1.165, 1.54) is 35.7 Å². The molecule has 0 bridgehead atoms. The zero-order valence-electron chi connectivity index (χ0n) is 13.1. The number of hydrogen-bond donors (Lipinski definition) is 1. The van der Waals surface area contributed by atoms with Gasteiger partial charge in [-0.2, -0.15) is 5.10 Å². The van der Waals surface area contributed by atoms with Gasteiger partial charge in [0, 0.05) is 11.2 Å². The van der Waals surface area contributed by atoms with Crippen LogP contribution in [0.15, 0.2) is 49.2 Å². The summed E-state index contributed by atoms with van der Waals surface area (Å²) in [6, 6.07) is 7.80. The number of esters is 1. The molecule has 0 aliphatic carbocycles. The van der Waals surface area contributed by atoms with Crippen LogP contribution < -0.4 is 5.32 Å². The molecular weight excluding hydrogens is 381 g/mol. The van der Waals surface area contributed by atoms with Crippen molar-refractivity contribution in [2.75, 3.05) is 11.9 Å². The van der Waals surface area contributed by atoms with E-state index in [1.54, 1.807) is 18.2 Å². The van der Waals surface area contributed by atoms with E-state index >= 15 is 0 Å². The van der Waals surface area contributed by atoms with Crippen LogP contribution in [0.1, 0.15) is 10.4 Å². The Kier molecular flexibility index (Phi) is 5.45. The SMILES string of the molecule is O=C(COC(=O)c1ccc(Cl)nc1)Nc1cc(Cl)ccc1-n1cncn1. The van der Waals surface area contributed by atoms with E-state index in [0.29, 0.717) is 16.4 Å². The molecule has 1 N–H and O–H groups in total. The number of amides is 1. The summed E-state index contributed by atoms with van der Waals surface area (Å²) in [5.41, 5.74) is 1.15. The van der Waals surface area contributed by atoms with Crippen molar-refractivity contribution in [1.82, 2.24) is 19.7 Å². The highest BCUT2D eigenvalue weighted by atomic mass is 35.5. The minimum atomic E-state index is -0.688. The van der Waals surface area contributed by atoms with E-state index in [0.717, 1.165) is 0 Å². The van der Waals surface area contributed by atoms with Gasteiger partial charge in [-0.3, -0.25) is 4.79 Å². The molecule has 26 heavy (non-hydrogen) atoms. The van der Waals surface area contributed by atoms with E-state index in [4.69, 9.17) is 27.9 Å². The third-order valence-electron chi connectivity index (χ3n) is 3.20. The molecule has 0 unspecified atom stereocenters. The second kappa shape index (κ2) is 7.94. The first-order valence-electron chi connectivity index (χ1n) is 7.26. The Hall–Kier alpha value is -2.97. The first kappa shape index (κ1) is 17.8. The molecule has 0 aliphatic heterocycles. The summed E-state index contributed by atoms with van der Waals surface area (Å²) in [6.07, 6.45) is 4.11. The molecule has 2 heterocycles. The highest BCUT2D eigenvalue weighted by Gasteiger charge is 2.13. The van der Waals surface area contributed by atoms with Crippen molar-refractivity contribution >= 4 is 40.8 Å². The number of rotatable bonds is 5. The highest BCUT2D eigenvalue weighted by molar-refractivity contribution is 6.31. The van der Waals surface area contributed by atoms with Gasteiger partial charge in [-0.25, -0.2) is 19.4 Å². The number of anilines is 1. The van der Waals surface area contributed by atoms with Crippen molar-refractivity contribution in [2.45, 2.75) is 0 Å². The molecule has 10 heteroatoms. The third kappa shape index (κ3) is 4.35. The lowest BCUT2D eigenvalue weighted by Gasteiger charge is -2.11. The molecule has 0 fully saturated rings. The van der Waals surface area contributed by atoms with Crippen molar-refractivity contribution in [1.29, 1.82) is 0 Å². The number of carbonyl (C=O) groups excluding carboxylic acids is 2. The number of halogens is 2. The highest BCUT2D eigenvalue weighted by Crippen LogP contribution is 2.23.